The maximum atomic E-state index is 12.5. The van der Waals surface area contributed by atoms with Gasteiger partial charge < -0.3 is 15.4 Å². The van der Waals surface area contributed by atoms with Gasteiger partial charge in [0.25, 0.3) is 0 Å². The molecule has 1 amide bonds. The minimum Gasteiger partial charge on any atom is -0.381 e. The molecule has 1 heterocycles. The molecule has 1 aliphatic rings. The van der Waals surface area contributed by atoms with E-state index in [-0.39, 0.29) is 17.9 Å². The fourth-order valence-corrected chi connectivity index (χ4v) is 2.89. The third kappa shape index (κ3) is 4.29. The Morgan fingerprint density at radius 3 is 2.76 bits per heavy atom. The Balaban J connectivity index is 1.91. The maximum absolute atomic E-state index is 12.5. The van der Waals surface area contributed by atoms with Gasteiger partial charge in [-0.1, -0.05) is 37.3 Å². The second-order valence-corrected chi connectivity index (χ2v) is 6.03. The van der Waals surface area contributed by atoms with Crippen LogP contribution >= 0.6 is 0 Å². The molecule has 4 nitrogen and oxygen atoms in total. The highest BCUT2D eigenvalue weighted by Gasteiger charge is 2.26. The number of amides is 1. The monoisotopic (exact) mass is 290 g/mol. The molecule has 2 N–H and O–H groups in total. The normalized spacial score (nSPS) is 21.6. The highest BCUT2D eigenvalue weighted by Crippen LogP contribution is 2.22. The second-order valence-electron chi connectivity index (χ2n) is 6.03. The molecule has 0 aromatic heterocycles. The lowest BCUT2D eigenvalue weighted by Crippen LogP contribution is -2.40. The van der Waals surface area contributed by atoms with E-state index >= 15 is 0 Å². The van der Waals surface area contributed by atoms with Crippen molar-refractivity contribution in [3.8, 4) is 0 Å². The number of carbonyl (C=O) groups is 1. The zero-order chi connectivity index (χ0) is 15.2. The first kappa shape index (κ1) is 16.0. The Kier molecular flexibility index (Phi) is 5.76. The van der Waals surface area contributed by atoms with Crippen molar-refractivity contribution in [2.24, 2.45) is 17.6 Å². The fraction of sp³-hybridized carbons (Fsp3) is 0.588. The van der Waals surface area contributed by atoms with Crippen LogP contribution in [-0.2, 0) is 9.53 Å². The SMILES string of the molecule is CC(C(=O)N(C)CC1CCCOC1)C(N)c1ccccc1. The van der Waals surface area contributed by atoms with Crippen molar-refractivity contribution in [2.45, 2.75) is 25.8 Å². The van der Waals surface area contributed by atoms with Crippen LogP contribution in [0.3, 0.4) is 0 Å². The summed E-state index contributed by atoms with van der Waals surface area (Å²) in [5.74, 6) is 0.340. The first-order valence-corrected chi connectivity index (χ1v) is 7.73. The standard InChI is InChI=1S/C17H26N2O2/c1-13(16(18)15-8-4-3-5-9-15)17(20)19(2)11-14-7-6-10-21-12-14/h3-5,8-9,13-14,16H,6-7,10-12,18H2,1-2H3. The lowest BCUT2D eigenvalue weighted by molar-refractivity contribution is -0.135. The van der Waals surface area contributed by atoms with Gasteiger partial charge in [0.15, 0.2) is 0 Å². The molecular weight excluding hydrogens is 264 g/mol. The van der Waals surface area contributed by atoms with Crippen LogP contribution in [0.2, 0.25) is 0 Å². The van der Waals surface area contributed by atoms with Gasteiger partial charge in [0.2, 0.25) is 5.91 Å². The number of carbonyl (C=O) groups excluding carboxylic acids is 1. The van der Waals surface area contributed by atoms with Gasteiger partial charge in [-0.2, -0.15) is 0 Å². The number of hydrogen-bond donors (Lipinski definition) is 1. The van der Waals surface area contributed by atoms with Crippen molar-refractivity contribution in [3.63, 3.8) is 0 Å². The predicted octanol–water partition coefficient (Wildman–Crippen LogP) is 2.21. The molecule has 0 radical (unpaired) electrons. The van der Waals surface area contributed by atoms with Crippen LogP contribution in [0, 0.1) is 11.8 Å². The molecule has 1 saturated heterocycles. The minimum atomic E-state index is -0.260. The lowest BCUT2D eigenvalue weighted by Gasteiger charge is -2.30. The molecule has 0 spiro atoms. The zero-order valence-corrected chi connectivity index (χ0v) is 13.0. The molecule has 4 heteroatoms. The minimum absolute atomic E-state index is 0.108. The van der Waals surface area contributed by atoms with Gasteiger partial charge >= 0.3 is 0 Å². The first-order valence-electron chi connectivity index (χ1n) is 7.73. The molecule has 1 aliphatic heterocycles. The molecule has 1 fully saturated rings. The van der Waals surface area contributed by atoms with Gasteiger partial charge in [0.05, 0.1) is 12.5 Å². The number of ether oxygens (including phenoxy) is 1. The van der Waals surface area contributed by atoms with Crippen LogP contribution < -0.4 is 5.73 Å². The largest absolute Gasteiger partial charge is 0.381 e. The summed E-state index contributed by atoms with van der Waals surface area (Å²) in [6.07, 6.45) is 2.22. The Bertz CT molecular complexity index is 443. The summed E-state index contributed by atoms with van der Waals surface area (Å²) in [6.45, 7) is 4.28. The Morgan fingerprint density at radius 2 is 2.14 bits per heavy atom. The summed E-state index contributed by atoms with van der Waals surface area (Å²) < 4.78 is 5.48. The molecule has 1 aromatic carbocycles. The van der Waals surface area contributed by atoms with Crippen LogP contribution in [0.1, 0.15) is 31.4 Å². The summed E-state index contributed by atoms with van der Waals surface area (Å²) >= 11 is 0. The van der Waals surface area contributed by atoms with Crippen molar-refractivity contribution >= 4 is 5.91 Å². The summed E-state index contributed by atoms with van der Waals surface area (Å²) in [5, 5.41) is 0. The van der Waals surface area contributed by atoms with E-state index in [1.54, 1.807) is 0 Å². The molecule has 2 rings (SSSR count). The van der Waals surface area contributed by atoms with Crippen LogP contribution in [0.25, 0.3) is 0 Å². The number of benzene rings is 1. The van der Waals surface area contributed by atoms with Crippen molar-refractivity contribution < 1.29 is 9.53 Å². The molecule has 3 atom stereocenters. The van der Waals surface area contributed by atoms with Crippen molar-refractivity contribution in [1.29, 1.82) is 0 Å². The fourth-order valence-electron chi connectivity index (χ4n) is 2.89. The molecule has 116 valence electrons. The number of hydrogen-bond acceptors (Lipinski definition) is 3. The molecule has 0 bridgehead atoms. The van der Waals surface area contributed by atoms with Crippen molar-refractivity contribution in [1.82, 2.24) is 4.90 Å². The van der Waals surface area contributed by atoms with Crippen LogP contribution in [0.4, 0.5) is 0 Å². The molecule has 3 unspecified atom stereocenters. The lowest BCUT2D eigenvalue weighted by atomic mass is 9.93. The number of nitrogens with two attached hydrogens (primary N) is 1. The van der Waals surface area contributed by atoms with Gasteiger partial charge in [0, 0.05) is 26.2 Å². The molecular formula is C17H26N2O2. The van der Waals surface area contributed by atoms with E-state index in [0.717, 1.165) is 38.2 Å². The summed E-state index contributed by atoms with van der Waals surface area (Å²) in [6, 6.07) is 9.55. The van der Waals surface area contributed by atoms with E-state index in [0.29, 0.717) is 5.92 Å². The van der Waals surface area contributed by atoms with Crippen LogP contribution in [-0.4, -0.2) is 37.6 Å². The third-order valence-corrected chi connectivity index (χ3v) is 4.28. The van der Waals surface area contributed by atoms with E-state index in [1.807, 2.05) is 49.2 Å². The summed E-state index contributed by atoms with van der Waals surface area (Å²) in [4.78, 5) is 14.3. The molecule has 21 heavy (non-hydrogen) atoms. The first-order chi connectivity index (χ1) is 10.1. The van der Waals surface area contributed by atoms with Gasteiger partial charge in [-0.05, 0) is 24.3 Å². The van der Waals surface area contributed by atoms with E-state index in [1.165, 1.54) is 0 Å². The Labute approximate surface area is 127 Å². The van der Waals surface area contributed by atoms with Crippen LogP contribution in [0.15, 0.2) is 30.3 Å². The van der Waals surface area contributed by atoms with Gasteiger partial charge in [0.1, 0.15) is 0 Å². The van der Waals surface area contributed by atoms with E-state index in [4.69, 9.17) is 10.5 Å². The van der Waals surface area contributed by atoms with E-state index in [9.17, 15) is 4.79 Å². The summed E-state index contributed by atoms with van der Waals surface area (Å²) in [7, 11) is 1.87. The average Bonchev–Trinajstić information content (AvgIpc) is 2.54. The van der Waals surface area contributed by atoms with Crippen molar-refractivity contribution in [2.75, 3.05) is 26.8 Å². The molecule has 0 aliphatic carbocycles. The topological polar surface area (TPSA) is 55.6 Å². The van der Waals surface area contributed by atoms with E-state index in [2.05, 4.69) is 0 Å². The van der Waals surface area contributed by atoms with Gasteiger partial charge in [-0.3, -0.25) is 4.79 Å². The molecule has 0 saturated carbocycles. The third-order valence-electron chi connectivity index (χ3n) is 4.28. The highest BCUT2D eigenvalue weighted by molar-refractivity contribution is 5.79. The van der Waals surface area contributed by atoms with Crippen LogP contribution in [0.5, 0.6) is 0 Å². The molecule has 1 aromatic rings. The number of nitrogens with zero attached hydrogens (tertiary/aromatic N) is 1. The highest BCUT2D eigenvalue weighted by atomic mass is 16.5. The Hall–Kier alpha value is -1.39. The quantitative estimate of drug-likeness (QED) is 0.904. The second kappa shape index (κ2) is 7.57. The smallest absolute Gasteiger partial charge is 0.227 e. The predicted molar refractivity (Wildman–Crippen MR) is 83.7 cm³/mol. The van der Waals surface area contributed by atoms with Gasteiger partial charge in [-0.25, -0.2) is 0 Å². The maximum Gasteiger partial charge on any atom is 0.227 e. The number of rotatable bonds is 5. The zero-order valence-electron chi connectivity index (χ0n) is 13.0. The summed E-state index contributed by atoms with van der Waals surface area (Å²) in [5.41, 5.74) is 7.25. The van der Waals surface area contributed by atoms with E-state index < -0.39 is 0 Å². The van der Waals surface area contributed by atoms with Crippen molar-refractivity contribution in [3.05, 3.63) is 35.9 Å². The van der Waals surface area contributed by atoms with Gasteiger partial charge in [-0.15, -0.1) is 0 Å². The Morgan fingerprint density at radius 1 is 1.43 bits per heavy atom. The average molecular weight is 290 g/mol.